The fourth-order valence-corrected chi connectivity index (χ4v) is 1.29. The van der Waals surface area contributed by atoms with Gasteiger partial charge in [-0.05, 0) is 18.6 Å². The number of carbonyl (C=O) groups excluding carboxylic acids is 1. The minimum atomic E-state index is -0.444. The SMILES string of the molecule is C=CCCOCCNc1ccnc(C(=O)OC)c1. The number of pyridine rings is 1. The molecule has 0 amide bonds. The minimum Gasteiger partial charge on any atom is -0.464 e. The summed E-state index contributed by atoms with van der Waals surface area (Å²) in [5, 5.41) is 3.14. The Morgan fingerprint density at radius 1 is 1.56 bits per heavy atom. The second-order valence-electron chi connectivity index (χ2n) is 3.54. The van der Waals surface area contributed by atoms with Crippen LogP contribution in [0.15, 0.2) is 31.0 Å². The van der Waals surface area contributed by atoms with Crippen LogP contribution in [0.2, 0.25) is 0 Å². The van der Waals surface area contributed by atoms with E-state index in [1.807, 2.05) is 6.08 Å². The molecule has 0 aliphatic heterocycles. The molecule has 1 rings (SSSR count). The zero-order chi connectivity index (χ0) is 13.2. The van der Waals surface area contributed by atoms with Gasteiger partial charge in [-0.2, -0.15) is 0 Å². The molecule has 0 aromatic carbocycles. The number of anilines is 1. The minimum absolute atomic E-state index is 0.287. The monoisotopic (exact) mass is 250 g/mol. The van der Waals surface area contributed by atoms with Crippen LogP contribution in [0.4, 0.5) is 5.69 Å². The molecule has 5 heteroatoms. The first-order valence-electron chi connectivity index (χ1n) is 5.75. The Bertz CT molecular complexity index is 394. The summed E-state index contributed by atoms with van der Waals surface area (Å²) in [6.07, 6.45) is 4.23. The van der Waals surface area contributed by atoms with Gasteiger partial charge >= 0.3 is 5.97 Å². The summed E-state index contributed by atoms with van der Waals surface area (Å²) >= 11 is 0. The number of nitrogens with one attached hydrogen (secondary N) is 1. The van der Waals surface area contributed by atoms with Gasteiger partial charge in [-0.1, -0.05) is 6.08 Å². The van der Waals surface area contributed by atoms with Crippen molar-refractivity contribution in [2.24, 2.45) is 0 Å². The Hall–Kier alpha value is -1.88. The molecule has 0 saturated heterocycles. The molecule has 0 radical (unpaired) electrons. The molecular formula is C13H18N2O3. The average Bonchev–Trinajstić information content (AvgIpc) is 2.42. The second-order valence-corrected chi connectivity index (χ2v) is 3.54. The lowest BCUT2D eigenvalue weighted by molar-refractivity contribution is 0.0594. The highest BCUT2D eigenvalue weighted by Crippen LogP contribution is 2.08. The summed E-state index contributed by atoms with van der Waals surface area (Å²) in [5.74, 6) is -0.444. The molecule has 0 spiro atoms. The topological polar surface area (TPSA) is 60.5 Å². The number of esters is 1. The van der Waals surface area contributed by atoms with Crippen molar-refractivity contribution in [2.45, 2.75) is 6.42 Å². The van der Waals surface area contributed by atoms with Crippen molar-refractivity contribution >= 4 is 11.7 Å². The highest BCUT2D eigenvalue weighted by molar-refractivity contribution is 5.88. The number of nitrogens with zero attached hydrogens (tertiary/aromatic N) is 1. The molecule has 0 unspecified atom stereocenters. The summed E-state index contributed by atoms with van der Waals surface area (Å²) in [4.78, 5) is 15.2. The number of methoxy groups -OCH3 is 1. The summed E-state index contributed by atoms with van der Waals surface area (Å²) in [7, 11) is 1.33. The molecule has 1 heterocycles. The van der Waals surface area contributed by atoms with Gasteiger partial charge in [0.1, 0.15) is 5.69 Å². The second kappa shape index (κ2) is 8.25. The van der Waals surface area contributed by atoms with Crippen LogP contribution < -0.4 is 5.32 Å². The quantitative estimate of drug-likeness (QED) is 0.433. The summed E-state index contributed by atoms with van der Waals surface area (Å²) < 4.78 is 9.95. The van der Waals surface area contributed by atoms with Crippen LogP contribution in [0.25, 0.3) is 0 Å². The molecule has 18 heavy (non-hydrogen) atoms. The number of carbonyl (C=O) groups is 1. The van der Waals surface area contributed by atoms with E-state index in [4.69, 9.17) is 4.74 Å². The third kappa shape index (κ3) is 4.97. The van der Waals surface area contributed by atoms with Gasteiger partial charge in [0.15, 0.2) is 0 Å². The van der Waals surface area contributed by atoms with Crippen molar-refractivity contribution in [3.05, 3.63) is 36.7 Å². The summed E-state index contributed by atoms with van der Waals surface area (Å²) in [6, 6.07) is 3.44. The van der Waals surface area contributed by atoms with Crippen LogP contribution in [0.1, 0.15) is 16.9 Å². The lowest BCUT2D eigenvalue weighted by Gasteiger charge is -2.07. The van der Waals surface area contributed by atoms with E-state index < -0.39 is 5.97 Å². The van der Waals surface area contributed by atoms with Crippen molar-refractivity contribution in [3.63, 3.8) is 0 Å². The van der Waals surface area contributed by atoms with Gasteiger partial charge in [-0.15, -0.1) is 6.58 Å². The maximum absolute atomic E-state index is 11.3. The molecule has 1 aromatic rings. The first-order valence-corrected chi connectivity index (χ1v) is 5.75. The zero-order valence-electron chi connectivity index (χ0n) is 10.5. The molecular weight excluding hydrogens is 232 g/mol. The van der Waals surface area contributed by atoms with E-state index in [0.717, 1.165) is 12.1 Å². The van der Waals surface area contributed by atoms with Gasteiger partial charge < -0.3 is 14.8 Å². The Labute approximate surface area is 107 Å². The standard InChI is InChI=1S/C13H18N2O3/c1-3-4-8-18-9-7-14-11-5-6-15-12(10-11)13(16)17-2/h3,5-6,10H,1,4,7-9H2,2H3,(H,14,15). The van der Waals surface area contributed by atoms with E-state index in [9.17, 15) is 4.79 Å². The molecule has 0 fully saturated rings. The number of hydrogen-bond donors (Lipinski definition) is 1. The number of rotatable bonds is 8. The molecule has 0 aliphatic rings. The van der Waals surface area contributed by atoms with Crippen molar-refractivity contribution in [2.75, 3.05) is 32.2 Å². The number of hydrogen-bond acceptors (Lipinski definition) is 5. The van der Waals surface area contributed by atoms with Gasteiger partial charge in [0, 0.05) is 18.4 Å². The largest absolute Gasteiger partial charge is 0.464 e. The van der Waals surface area contributed by atoms with Crippen LogP contribution in [-0.2, 0) is 9.47 Å². The fourth-order valence-electron chi connectivity index (χ4n) is 1.29. The molecule has 0 bridgehead atoms. The van der Waals surface area contributed by atoms with Crippen LogP contribution in [-0.4, -0.2) is 37.8 Å². The highest BCUT2D eigenvalue weighted by atomic mass is 16.5. The lowest BCUT2D eigenvalue weighted by Crippen LogP contribution is -2.11. The van der Waals surface area contributed by atoms with Crippen LogP contribution in [0, 0.1) is 0 Å². The third-order valence-electron chi connectivity index (χ3n) is 2.20. The zero-order valence-corrected chi connectivity index (χ0v) is 10.5. The predicted octanol–water partition coefficient (Wildman–Crippen LogP) is 1.87. The first-order chi connectivity index (χ1) is 8.77. The smallest absolute Gasteiger partial charge is 0.356 e. The fraction of sp³-hybridized carbons (Fsp3) is 0.385. The molecule has 0 aliphatic carbocycles. The third-order valence-corrected chi connectivity index (χ3v) is 2.20. The van der Waals surface area contributed by atoms with E-state index in [2.05, 4.69) is 21.6 Å². The Kier molecular flexibility index (Phi) is 6.50. The van der Waals surface area contributed by atoms with Gasteiger partial charge in [0.05, 0.1) is 20.3 Å². The van der Waals surface area contributed by atoms with E-state index in [1.54, 1.807) is 18.3 Å². The van der Waals surface area contributed by atoms with Crippen LogP contribution in [0.5, 0.6) is 0 Å². The molecule has 5 nitrogen and oxygen atoms in total. The van der Waals surface area contributed by atoms with E-state index in [-0.39, 0.29) is 5.69 Å². The summed E-state index contributed by atoms with van der Waals surface area (Å²) in [6.45, 7) is 5.56. The summed E-state index contributed by atoms with van der Waals surface area (Å²) in [5.41, 5.74) is 1.10. The predicted molar refractivity (Wildman–Crippen MR) is 69.7 cm³/mol. The molecule has 98 valence electrons. The van der Waals surface area contributed by atoms with E-state index >= 15 is 0 Å². The lowest BCUT2D eigenvalue weighted by atomic mass is 10.3. The number of aromatic nitrogens is 1. The normalized spacial score (nSPS) is 9.83. The Balaban J connectivity index is 2.33. The van der Waals surface area contributed by atoms with Crippen molar-refractivity contribution in [3.8, 4) is 0 Å². The molecule has 0 atom stereocenters. The average molecular weight is 250 g/mol. The Morgan fingerprint density at radius 3 is 3.11 bits per heavy atom. The van der Waals surface area contributed by atoms with Crippen molar-refractivity contribution in [1.29, 1.82) is 0 Å². The highest BCUT2D eigenvalue weighted by Gasteiger charge is 2.06. The molecule has 0 saturated carbocycles. The first kappa shape index (κ1) is 14.2. The van der Waals surface area contributed by atoms with Gasteiger partial charge in [-0.25, -0.2) is 9.78 Å². The van der Waals surface area contributed by atoms with E-state index in [1.165, 1.54) is 7.11 Å². The van der Waals surface area contributed by atoms with Gasteiger partial charge in [0.25, 0.3) is 0 Å². The van der Waals surface area contributed by atoms with Gasteiger partial charge in [-0.3, -0.25) is 0 Å². The van der Waals surface area contributed by atoms with E-state index in [0.29, 0.717) is 19.8 Å². The number of ether oxygens (including phenoxy) is 2. The van der Waals surface area contributed by atoms with Gasteiger partial charge in [0.2, 0.25) is 0 Å². The van der Waals surface area contributed by atoms with Crippen molar-refractivity contribution < 1.29 is 14.3 Å². The molecule has 1 aromatic heterocycles. The maximum Gasteiger partial charge on any atom is 0.356 e. The Morgan fingerprint density at radius 2 is 2.39 bits per heavy atom. The van der Waals surface area contributed by atoms with Crippen molar-refractivity contribution in [1.82, 2.24) is 4.98 Å². The molecule has 1 N–H and O–H groups in total. The maximum atomic E-state index is 11.3. The van der Waals surface area contributed by atoms with Crippen LogP contribution in [0.3, 0.4) is 0 Å². The van der Waals surface area contributed by atoms with Crippen LogP contribution >= 0.6 is 0 Å².